The first-order chi connectivity index (χ1) is 16.2. The van der Waals surface area contributed by atoms with Crippen LogP contribution in [0.25, 0.3) is 0 Å². The normalized spacial score (nSPS) is 23.5. The van der Waals surface area contributed by atoms with Crippen LogP contribution in [0.15, 0.2) is 47.5 Å². The topological polar surface area (TPSA) is 42.0 Å². The number of hydrogen-bond donors (Lipinski definition) is 0. The van der Waals surface area contributed by atoms with E-state index in [1.165, 1.54) is 37.9 Å². The van der Waals surface area contributed by atoms with Crippen LogP contribution in [0.2, 0.25) is 0 Å². The summed E-state index contributed by atoms with van der Waals surface area (Å²) < 4.78 is 11.5. The maximum Gasteiger partial charge on any atom is 0.222 e. The first-order valence-electron chi connectivity index (χ1n) is 13.2. The van der Waals surface area contributed by atoms with Gasteiger partial charge in [0.15, 0.2) is 5.76 Å². The first kappa shape index (κ1) is 24.1. The van der Waals surface area contributed by atoms with Gasteiger partial charge in [0.05, 0.1) is 0 Å². The second kappa shape index (κ2) is 12.5. The third kappa shape index (κ3) is 7.23. The molecule has 0 aromatic rings. The predicted octanol–water partition coefficient (Wildman–Crippen LogP) is 5.36. The van der Waals surface area contributed by atoms with Crippen LogP contribution in [0.5, 0.6) is 0 Å². The number of likely N-dealkylation sites (N-methyl/N-ethyl adjacent to an activating group) is 1. The van der Waals surface area contributed by atoms with Gasteiger partial charge >= 0.3 is 0 Å². The van der Waals surface area contributed by atoms with Gasteiger partial charge in [-0.2, -0.15) is 0 Å². The minimum absolute atomic E-state index is 0.311. The molecule has 1 amide bonds. The molecule has 0 aromatic heterocycles. The van der Waals surface area contributed by atoms with E-state index in [9.17, 15) is 4.79 Å². The molecule has 2 atom stereocenters. The van der Waals surface area contributed by atoms with Crippen molar-refractivity contribution in [2.45, 2.75) is 76.7 Å². The van der Waals surface area contributed by atoms with Gasteiger partial charge in [-0.15, -0.1) is 0 Å². The molecule has 4 aliphatic rings. The smallest absolute Gasteiger partial charge is 0.222 e. The molecule has 5 nitrogen and oxygen atoms in total. The van der Waals surface area contributed by atoms with Gasteiger partial charge in [0.25, 0.3) is 0 Å². The Morgan fingerprint density at radius 3 is 2.82 bits per heavy atom. The molecule has 2 aliphatic heterocycles. The van der Waals surface area contributed by atoms with Gasteiger partial charge in [-0.1, -0.05) is 36.3 Å². The van der Waals surface area contributed by atoms with Crippen molar-refractivity contribution in [1.29, 1.82) is 0 Å². The van der Waals surface area contributed by atoms with Crippen LogP contribution in [0.1, 0.15) is 70.6 Å². The van der Waals surface area contributed by atoms with Gasteiger partial charge in [0.1, 0.15) is 19.0 Å². The minimum Gasteiger partial charge on any atom is -0.491 e. The fourth-order valence-corrected chi connectivity index (χ4v) is 5.45. The maximum atomic E-state index is 13.0. The molecule has 0 spiro atoms. The number of carbonyl (C=O) groups excluding carboxylic acids is 1. The number of hydrogen-bond acceptors (Lipinski definition) is 4. The summed E-state index contributed by atoms with van der Waals surface area (Å²) in [5.74, 6) is 2.83. The van der Waals surface area contributed by atoms with Crippen molar-refractivity contribution in [2.24, 2.45) is 5.92 Å². The van der Waals surface area contributed by atoms with Crippen LogP contribution in [0, 0.1) is 5.92 Å². The number of unbranched alkanes of at least 4 members (excludes halogenated alkanes) is 1. The van der Waals surface area contributed by atoms with E-state index in [4.69, 9.17) is 9.47 Å². The van der Waals surface area contributed by atoms with Crippen LogP contribution in [-0.4, -0.2) is 61.6 Å². The van der Waals surface area contributed by atoms with Gasteiger partial charge in [-0.3, -0.25) is 4.79 Å². The Hall–Kier alpha value is -2.01. The Morgan fingerprint density at radius 1 is 1.15 bits per heavy atom. The second-order valence-corrected chi connectivity index (χ2v) is 10.0. The number of amides is 1. The number of likely N-dealkylation sites (tertiary alicyclic amines) is 1. The quantitative estimate of drug-likeness (QED) is 0.394. The highest BCUT2D eigenvalue weighted by Gasteiger charge is 2.25. The molecule has 2 aliphatic carbocycles. The van der Waals surface area contributed by atoms with Crippen molar-refractivity contribution < 1.29 is 14.3 Å². The summed E-state index contributed by atoms with van der Waals surface area (Å²) >= 11 is 0. The number of ether oxygens (including phenoxy) is 2. The maximum absolute atomic E-state index is 13.0. The van der Waals surface area contributed by atoms with E-state index in [-0.39, 0.29) is 0 Å². The Balaban J connectivity index is 1.24. The molecule has 0 radical (unpaired) electrons. The molecule has 0 bridgehead atoms. The standard InChI is InChI=1S/C28H42N2O3/c1-29(28(31)16-14-23-9-3-2-4-10-23)25(22-30-17-7-8-18-30)12-6-5-11-24-13-15-26-27(21-24)33-20-19-32-26/h2-4,9,21,23,25H,5-8,10-20,22H2,1H3/t23?,25-/m0/s1. The molecule has 0 saturated carbocycles. The number of rotatable bonds is 11. The zero-order chi connectivity index (χ0) is 22.9. The third-order valence-corrected chi connectivity index (χ3v) is 7.59. The predicted molar refractivity (Wildman–Crippen MR) is 133 cm³/mol. The van der Waals surface area contributed by atoms with Gasteiger partial charge in [0, 0.05) is 32.5 Å². The van der Waals surface area contributed by atoms with E-state index in [0.717, 1.165) is 63.0 Å². The SMILES string of the molecule is CN(C(=O)CCC1C=CC=CC1)[C@@H](CCCCC1=CC2=C(CC1)OCCO2)CN1CCCC1. The molecular weight excluding hydrogens is 412 g/mol. The Labute approximate surface area is 200 Å². The summed E-state index contributed by atoms with van der Waals surface area (Å²) in [6.07, 6.45) is 22.8. The summed E-state index contributed by atoms with van der Waals surface area (Å²) in [7, 11) is 2.04. The lowest BCUT2D eigenvalue weighted by Gasteiger charge is -2.32. The molecule has 2 heterocycles. The molecule has 4 rings (SSSR count). The fourth-order valence-electron chi connectivity index (χ4n) is 5.45. The van der Waals surface area contributed by atoms with Crippen molar-refractivity contribution in [3.63, 3.8) is 0 Å². The number of nitrogens with zero attached hydrogens (tertiary/aromatic N) is 2. The summed E-state index contributed by atoms with van der Waals surface area (Å²) in [5.41, 5.74) is 1.48. The Kier molecular flexibility index (Phi) is 9.10. The monoisotopic (exact) mass is 454 g/mol. The highest BCUT2D eigenvalue weighted by Crippen LogP contribution is 2.30. The Morgan fingerprint density at radius 2 is 2.00 bits per heavy atom. The zero-order valence-electron chi connectivity index (χ0n) is 20.5. The van der Waals surface area contributed by atoms with E-state index < -0.39 is 0 Å². The van der Waals surface area contributed by atoms with Gasteiger partial charge in [-0.05, 0) is 76.5 Å². The minimum atomic E-state index is 0.311. The number of allylic oxidation sites excluding steroid dienone is 7. The summed E-state index contributed by atoms with van der Waals surface area (Å²) in [4.78, 5) is 17.7. The molecule has 182 valence electrons. The largest absolute Gasteiger partial charge is 0.491 e. The van der Waals surface area contributed by atoms with E-state index in [0.29, 0.717) is 37.5 Å². The van der Waals surface area contributed by atoms with Crippen LogP contribution < -0.4 is 0 Å². The van der Waals surface area contributed by atoms with E-state index in [2.05, 4.69) is 40.2 Å². The highest BCUT2D eigenvalue weighted by atomic mass is 16.6. The molecular formula is C28H42N2O3. The molecule has 0 N–H and O–H groups in total. The highest BCUT2D eigenvalue weighted by molar-refractivity contribution is 5.76. The van der Waals surface area contributed by atoms with Crippen molar-refractivity contribution in [3.05, 3.63) is 47.5 Å². The molecule has 1 saturated heterocycles. The third-order valence-electron chi connectivity index (χ3n) is 7.59. The lowest BCUT2D eigenvalue weighted by atomic mass is 9.95. The fraction of sp³-hybridized carbons (Fsp3) is 0.679. The van der Waals surface area contributed by atoms with Crippen LogP contribution in [-0.2, 0) is 14.3 Å². The van der Waals surface area contributed by atoms with Crippen molar-refractivity contribution >= 4 is 5.91 Å². The van der Waals surface area contributed by atoms with Crippen molar-refractivity contribution in [2.75, 3.05) is 39.9 Å². The van der Waals surface area contributed by atoms with Crippen LogP contribution >= 0.6 is 0 Å². The van der Waals surface area contributed by atoms with E-state index in [1.54, 1.807) is 0 Å². The average molecular weight is 455 g/mol. The van der Waals surface area contributed by atoms with Crippen LogP contribution in [0.3, 0.4) is 0 Å². The molecule has 33 heavy (non-hydrogen) atoms. The summed E-state index contributed by atoms with van der Waals surface area (Å²) in [6.45, 7) is 4.74. The molecule has 1 fully saturated rings. The lowest BCUT2D eigenvalue weighted by molar-refractivity contribution is -0.132. The zero-order valence-corrected chi connectivity index (χ0v) is 20.5. The van der Waals surface area contributed by atoms with Gasteiger partial charge < -0.3 is 19.3 Å². The van der Waals surface area contributed by atoms with E-state index in [1.807, 2.05) is 7.05 Å². The van der Waals surface area contributed by atoms with E-state index >= 15 is 0 Å². The van der Waals surface area contributed by atoms with Crippen molar-refractivity contribution in [3.8, 4) is 0 Å². The summed E-state index contributed by atoms with van der Waals surface area (Å²) in [5, 5.41) is 0. The molecule has 1 unspecified atom stereocenters. The molecule has 5 heteroatoms. The summed E-state index contributed by atoms with van der Waals surface area (Å²) in [6, 6.07) is 0.321. The average Bonchev–Trinajstić information content (AvgIpc) is 3.37. The van der Waals surface area contributed by atoms with Crippen molar-refractivity contribution in [1.82, 2.24) is 9.80 Å². The second-order valence-electron chi connectivity index (χ2n) is 10.0. The lowest BCUT2D eigenvalue weighted by Crippen LogP contribution is -2.44. The van der Waals surface area contributed by atoms with Crippen LogP contribution in [0.4, 0.5) is 0 Å². The Bertz CT molecular complexity index is 776. The molecule has 0 aromatic carbocycles. The first-order valence-corrected chi connectivity index (χ1v) is 13.2. The van der Waals surface area contributed by atoms with Gasteiger partial charge in [-0.25, -0.2) is 0 Å². The van der Waals surface area contributed by atoms with Gasteiger partial charge in [0.2, 0.25) is 5.91 Å². The number of carbonyl (C=O) groups is 1.